The van der Waals surface area contributed by atoms with Crippen LogP contribution in [0, 0.1) is 6.92 Å². The number of ether oxygens (including phenoxy) is 1. The summed E-state index contributed by atoms with van der Waals surface area (Å²) in [6.45, 7) is 9.55. The summed E-state index contributed by atoms with van der Waals surface area (Å²) in [7, 11) is 0. The van der Waals surface area contributed by atoms with E-state index in [0.717, 1.165) is 35.7 Å². The van der Waals surface area contributed by atoms with Crippen LogP contribution in [-0.4, -0.2) is 12.1 Å². The average Bonchev–Trinajstić information content (AvgIpc) is 2.27. The third-order valence-corrected chi connectivity index (χ3v) is 3.58. The highest BCUT2D eigenvalue weighted by Gasteiger charge is 2.34. The summed E-state index contributed by atoms with van der Waals surface area (Å²) in [5, 5.41) is 4.39. The van der Waals surface area contributed by atoms with E-state index in [1.807, 2.05) is 12.1 Å². The number of halogens is 1. The third kappa shape index (κ3) is 2.81. The van der Waals surface area contributed by atoms with Gasteiger partial charge in [0.05, 0.1) is 0 Å². The number of fused-ring (bicyclic) bond motifs is 1. The Morgan fingerprint density at radius 1 is 1.44 bits per heavy atom. The van der Waals surface area contributed by atoms with Crippen molar-refractivity contribution in [2.75, 3.05) is 6.54 Å². The predicted molar refractivity (Wildman–Crippen MR) is 76.5 cm³/mol. The lowest BCUT2D eigenvalue weighted by molar-refractivity contribution is 0.0652. The first-order chi connectivity index (χ1) is 8.43. The Bertz CT molecular complexity index is 442. The minimum atomic E-state index is -0.128. The van der Waals surface area contributed by atoms with Crippen LogP contribution in [-0.2, 0) is 0 Å². The highest BCUT2D eigenvalue weighted by Crippen LogP contribution is 2.42. The fraction of sp³-hybridized carbons (Fsp3) is 0.600. The van der Waals surface area contributed by atoms with Crippen LogP contribution in [0.2, 0.25) is 5.02 Å². The van der Waals surface area contributed by atoms with Gasteiger partial charge in [0.25, 0.3) is 0 Å². The molecule has 1 aliphatic heterocycles. The second kappa shape index (κ2) is 5.10. The first kappa shape index (κ1) is 13.7. The molecule has 0 aliphatic carbocycles. The first-order valence-electron chi connectivity index (χ1n) is 6.65. The summed E-state index contributed by atoms with van der Waals surface area (Å²) in [4.78, 5) is 0. The lowest BCUT2D eigenvalue weighted by atomic mass is 9.88. The Balaban J connectivity index is 2.40. The van der Waals surface area contributed by atoms with Crippen LogP contribution in [0.25, 0.3) is 0 Å². The Labute approximate surface area is 115 Å². The van der Waals surface area contributed by atoms with Gasteiger partial charge in [-0.15, -0.1) is 0 Å². The molecule has 0 radical (unpaired) electrons. The molecule has 100 valence electrons. The summed E-state index contributed by atoms with van der Waals surface area (Å²) in [6, 6.07) is 4.34. The Hall–Kier alpha value is -0.730. The first-order valence-corrected chi connectivity index (χ1v) is 7.03. The van der Waals surface area contributed by atoms with Crippen LogP contribution in [0.3, 0.4) is 0 Å². The molecule has 0 fully saturated rings. The molecule has 0 amide bonds. The van der Waals surface area contributed by atoms with Crippen molar-refractivity contribution in [3.05, 3.63) is 28.3 Å². The molecule has 1 aliphatic rings. The second-order valence-electron chi connectivity index (χ2n) is 5.71. The summed E-state index contributed by atoms with van der Waals surface area (Å²) < 4.78 is 6.12. The zero-order valence-electron chi connectivity index (χ0n) is 11.6. The Morgan fingerprint density at radius 3 is 2.83 bits per heavy atom. The molecule has 1 aromatic carbocycles. The molecule has 18 heavy (non-hydrogen) atoms. The van der Waals surface area contributed by atoms with Gasteiger partial charge >= 0.3 is 0 Å². The molecular formula is C15H22ClNO. The number of nitrogens with one attached hydrogen (secondary N) is 1. The maximum Gasteiger partial charge on any atom is 0.127 e. The van der Waals surface area contributed by atoms with Crippen molar-refractivity contribution in [2.45, 2.75) is 52.2 Å². The molecule has 1 N–H and O–H groups in total. The van der Waals surface area contributed by atoms with E-state index in [4.69, 9.17) is 16.3 Å². The normalized spacial score (nSPS) is 21.3. The van der Waals surface area contributed by atoms with Gasteiger partial charge in [-0.3, -0.25) is 0 Å². The van der Waals surface area contributed by atoms with Gasteiger partial charge in [-0.25, -0.2) is 0 Å². The van der Waals surface area contributed by atoms with Crippen LogP contribution < -0.4 is 10.1 Å². The van der Waals surface area contributed by atoms with E-state index < -0.39 is 0 Å². The molecular weight excluding hydrogens is 246 g/mol. The lowest BCUT2D eigenvalue weighted by Gasteiger charge is -2.39. The van der Waals surface area contributed by atoms with Gasteiger partial charge in [-0.2, -0.15) is 0 Å². The smallest absolute Gasteiger partial charge is 0.127 e. The molecule has 0 bridgehead atoms. The fourth-order valence-electron chi connectivity index (χ4n) is 2.57. The van der Waals surface area contributed by atoms with E-state index in [9.17, 15) is 0 Å². The molecule has 0 saturated carbocycles. The van der Waals surface area contributed by atoms with E-state index in [1.165, 1.54) is 5.56 Å². The van der Waals surface area contributed by atoms with Crippen LogP contribution in [0.5, 0.6) is 5.75 Å². The molecule has 2 rings (SSSR count). The van der Waals surface area contributed by atoms with Crippen LogP contribution in [0.1, 0.15) is 50.8 Å². The topological polar surface area (TPSA) is 21.3 Å². The van der Waals surface area contributed by atoms with Crippen molar-refractivity contribution < 1.29 is 4.74 Å². The zero-order chi connectivity index (χ0) is 13.3. The molecule has 0 aromatic heterocycles. The van der Waals surface area contributed by atoms with Gasteiger partial charge in [0.2, 0.25) is 0 Å². The predicted octanol–water partition coefficient (Wildman–Crippen LogP) is 4.25. The summed E-state index contributed by atoms with van der Waals surface area (Å²) >= 11 is 6.17. The average molecular weight is 268 g/mol. The van der Waals surface area contributed by atoms with Crippen molar-refractivity contribution in [3.8, 4) is 5.75 Å². The minimum absolute atomic E-state index is 0.128. The van der Waals surface area contributed by atoms with E-state index in [0.29, 0.717) is 6.04 Å². The molecule has 0 saturated heterocycles. The number of rotatable bonds is 3. The molecule has 1 unspecified atom stereocenters. The molecule has 0 spiro atoms. The Kier molecular flexibility index (Phi) is 3.88. The van der Waals surface area contributed by atoms with Crippen molar-refractivity contribution in [2.24, 2.45) is 0 Å². The summed E-state index contributed by atoms with van der Waals surface area (Å²) in [6.07, 6.45) is 2.10. The van der Waals surface area contributed by atoms with Crippen LogP contribution in [0.4, 0.5) is 0 Å². The minimum Gasteiger partial charge on any atom is -0.487 e. The lowest BCUT2D eigenvalue weighted by Crippen LogP contribution is -2.40. The molecule has 1 aromatic rings. The summed E-state index contributed by atoms with van der Waals surface area (Å²) in [5.41, 5.74) is 2.19. The van der Waals surface area contributed by atoms with Crippen LogP contribution >= 0.6 is 11.6 Å². The highest BCUT2D eigenvalue weighted by molar-refractivity contribution is 6.30. The molecule has 3 heteroatoms. The van der Waals surface area contributed by atoms with Crippen LogP contribution in [0.15, 0.2) is 12.1 Å². The van der Waals surface area contributed by atoms with Gasteiger partial charge < -0.3 is 10.1 Å². The number of hydrogen-bond donors (Lipinski definition) is 1. The fourth-order valence-corrected chi connectivity index (χ4v) is 2.86. The van der Waals surface area contributed by atoms with Gasteiger partial charge in [0.15, 0.2) is 0 Å². The van der Waals surface area contributed by atoms with Crippen molar-refractivity contribution >= 4 is 11.6 Å². The van der Waals surface area contributed by atoms with Gasteiger partial charge in [-0.05, 0) is 51.4 Å². The van der Waals surface area contributed by atoms with Gasteiger partial charge in [0, 0.05) is 23.0 Å². The van der Waals surface area contributed by atoms with E-state index in [2.05, 4.69) is 33.0 Å². The van der Waals surface area contributed by atoms with E-state index in [-0.39, 0.29) is 5.60 Å². The number of hydrogen-bond acceptors (Lipinski definition) is 2. The third-order valence-electron chi connectivity index (χ3n) is 3.36. The molecule has 1 atom stereocenters. The zero-order valence-corrected chi connectivity index (χ0v) is 12.4. The molecule has 1 heterocycles. The second-order valence-corrected chi connectivity index (χ2v) is 6.15. The van der Waals surface area contributed by atoms with Crippen molar-refractivity contribution in [3.63, 3.8) is 0 Å². The standard InChI is InChI=1S/C15H22ClNO/c1-5-6-17-13-9-15(3,4)18-14-10(2)7-11(16)8-12(13)14/h7-8,13,17H,5-6,9H2,1-4H3. The van der Waals surface area contributed by atoms with E-state index in [1.54, 1.807) is 0 Å². The van der Waals surface area contributed by atoms with Crippen molar-refractivity contribution in [1.82, 2.24) is 5.32 Å². The van der Waals surface area contributed by atoms with E-state index >= 15 is 0 Å². The number of aryl methyl sites for hydroxylation is 1. The van der Waals surface area contributed by atoms with Gasteiger partial charge in [0.1, 0.15) is 11.4 Å². The van der Waals surface area contributed by atoms with Gasteiger partial charge in [-0.1, -0.05) is 18.5 Å². The maximum absolute atomic E-state index is 6.17. The largest absolute Gasteiger partial charge is 0.487 e. The molecule has 2 nitrogen and oxygen atoms in total. The summed E-state index contributed by atoms with van der Waals surface area (Å²) in [5.74, 6) is 1.00. The highest BCUT2D eigenvalue weighted by atomic mass is 35.5. The van der Waals surface area contributed by atoms with Crippen molar-refractivity contribution in [1.29, 1.82) is 0 Å². The monoisotopic (exact) mass is 267 g/mol. The Morgan fingerprint density at radius 2 is 2.17 bits per heavy atom. The number of benzene rings is 1. The maximum atomic E-state index is 6.17. The SMILES string of the molecule is CCCNC1CC(C)(C)Oc2c(C)cc(Cl)cc21. The quantitative estimate of drug-likeness (QED) is 0.884.